The van der Waals surface area contributed by atoms with Crippen molar-refractivity contribution in [3.8, 4) is 0 Å². The lowest BCUT2D eigenvalue weighted by Crippen LogP contribution is -2.18. The van der Waals surface area contributed by atoms with Gasteiger partial charge in [0.25, 0.3) is 0 Å². The Balaban J connectivity index is 1.10. The molecule has 190 valence electrons. The zero-order valence-corrected chi connectivity index (χ0v) is 21.8. The van der Waals surface area contributed by atoms with Crippen LogP contribution in [0.2, 0.25) is 0 Å². The summed E-state index contributed by atoms with van der Waals surface area (Å²) in [4.78, 5) is 33.0. The van der Waals surface area contributed by atoms with Crippen LogP contribution in [0, 0.1) is 5.92 Å². The molecule has 4 heterocycles. The minimum absolute atomic E-state index is 0.125. The maximum atomic E-state index is 12.6. The first-order chi connectivity index (χ1) is 18.0. The molecule has 1 fully saturated rings. The van der Waals surface area contributed by atoms with E-state index in [-0.39, 0.29) is 24.2 Å². The van der Waals surface area contributed by atoms with Gasteiger partial charge < -0.3 is 10.6 Å². The number of carbonyl (C=O) groups excluding carboxylic acids is 2. The second kappa shape index (κ2) is 11.6. The smallest absolute Gasteiger partial charge is 0.233 e. The predicted octanol–water partition coefficient (Wildman–Crippen LogP) is 4.23. The number of anilines is 2. The van der Waals surface area contributed by atoms with Gasteiger partial charge in [-0.1, -0.05) is 34.8 Å². The van der Waals surface area contributed by atoms with Gasteiger partial charge in [-0.15, -0.1) is 20.4 Å². The van der Waals surface area contributed by atoms with Gasteiger partial charge in [-0.25, -0.2) is 0 Å². The van der Waals surface area contributed by atoms with E-state index in [1.165, 1.54) is 22.7 Å². The molecule has 1 aliphatic carbocycles. The molecule has 2 amide bonds. The van der Waals surface area contributed by atoms with Gasteiger partial charge in [0.2, 0.25) is 22.1 Å². The van der Waals surface area contributed by atoms with Gasteiger partial charge in [0.1, 0.15) is 10.0 Å². The number of rotatable bonds is 9. The number of amides is 2. The summed E-state index contributed by atoms with van der Waals surface area (Å²) in [6.45, 7) is 1.85. The highest BCUT2D eigenvalue weighted by atomic mass is 32.1. The molecular formula is C25H26N8O2S2. The molecule has 0 radical (unpaired) electrons. The Bertz CT molecular complexity index is 1350. The van der Waals surface area contributed by atoms with Crippen LogP contribution in [0.5, 0.6) is 0 Å². The highest BCUT2D eigenvalue weighted by molar-refractivity contribution is 7.15. The first-order valence-corrected chi connectivity index (χ1v) is 13.7. The Labute approximate surface area is 222 Å². The zero-order valence-electron chi connectivity index (χ0n) is 20.2. The van der Waals surface area contributed by atoms with Crippen LogP contribution in [0.15, 0.2) is 49.1 Å². The third-order valence-electron chi connectivity index (χ3n) is 6.40. The van der Waals surface area contributed by atoms with E-state index < -0.39 is 0 Å². The number of pyridine rings is 2. The number of aromatic nitrogens is 6. The number of nitrogens with zero attached hydrogens (tertiary/aromatic N) is 6. The van der Waals surface area contributed by atoms with Crippen LogP contribution in [0.3, 0.4) is 0 Å². The molecule has 5 rings (SSSR count). The fourth-order valence-electron chi connectivity index (χ4n) is 4.42. The zero-order chi connectivity index (χ0) is 25.6. The van der Waals surface area contributed by atoms with Crippen LogP contribution in [0.1, 0.15) is 59.2 Å². The summed E-state index contributed by atoms with van der Waals surface area (Å²) in [5.74, 6) is 0.193. The van der Waals surface area contributed by atoms with Gasteiger partial charge in [0.05, 0.1) is 12.3 Å². The van der Waals surface area contributed by atoms with Crippen LogP contribution in [0.25, 0.3) is 0 Å². The lowest BCUT2D eigenvalue weighted by Gasteiger charge is -2.10. The lowest BCUT2D eigenvalue weighted by molar-refractivity contribution is -0.117. The molecule has 2 N–H and O–H groups in total. The summed E-state index contributed by atoms with van der Waals surface area (Å²) in [6, 6.07) is 7.38. The van der Waals surface area contributed by atoms with Crippen LogP contribution >= 0.6 is 22.7 Å². The van der Waals surface area contributed by atoms with Crippen molar-refractivity contribution in [2.45, 2.75) is 50.9 Å². The van der Waals surface area contributed by atoms with Crippen molar-refractivity contribution in [1.29, 1.82) is 0 Å². The molecule has 0 unspecified atom stereocenters. The van der Waals surface area contributed by atoms with Crippen LogP contribution in [-0.4, -0.2) is 42.2 Å². The maximum absolute atomic E-state index is 12.6. The molecule has 0 aromatic carbocycles. The Morgan fingerprint density at radius 1 is 0.973 bits per heavy atom. The molecule has 12 heteroatoms. The van der Waals surface area contributed by atoms with Gasteiger partial charge in [-0.05, 0) is 55.4 Å². The van der Waals surface area contributed by atoms with Crippen LogP contribution in [0.4, 0.5) is 10.3 Å². The van der Waals surface area contributed by atoms with E-state index >= 15 is 0 Å². The Kier molecular flexibility index (Phi) is 7.85. The minimum atomic E-state index is -0.325. The standard InChI is InChI=1S/C25H26N8O2S2/c1-15(19-5-3-9-27-14-19)22(35)29-25-33-31-23(37-25)18-7-6-16(10-18)12-21-30-32-24(36-21)28-20(34)11-17-4-2-8-26-13-17/h2-5,8-9,13-16,18H,6-7,10-12H2,1H3,(H,28,32,34)(H,29,33,35)/t15-,16+,18-/m0/s1. The SMILES string of the molecule is C[C@H](C(=O)Nc1nnc([C@H]2CC[C@@H](Cc3nnc(NC(=O)Cc4cccnc4)s3)C2)s1)c1cccnc1. The summed E-state index contributed by atoms with van der Waals surface area (Å²) < 4.78 is 0. The molecule has 0 aliphatic heterocycles. The van der Waals surface area contributed by atoms with E-state index in [4.69, 9.17) is 0 Å². The molecule has 0 bridgehead atoms. The maximum Gasteiger partial charge on any atom is 0.233 e. The molecule has 4 aromatic rings. The van der Waals surface area contributed by atoms with Crippen molar-refractivity contribution >= 4 is 44.8 Å². The normalized spacial score (nSPS) is 17.9. The third-order valence-corrected chi connectivity index (χ3v) is 8.27. The van der Waals surface area contributed by atoms with Crippen molar-refractivity contribution in [2.75, 3.05) is 10.6 Å². The highest BCUT2D eigenvalue weighted by Crippen LogP contribution is 2.41. The Morgan fingerprint density at radius 3 is 2.54 bits per heavy atom. The first kappa shape index (κ1) is 25.0. The average Bonchev–Trinajstić information content (AvgIpc) is 3.67. The summed E-state index contributed by atoms with van der Waals surface area (Å²) >= 11 is 2.86. The summed E-state index contributed by atoms with van der Waals surface area (Å²) in [5, 5.41) is 25.6. The highest BCUT2D eigenvalue weighted by Gasteiger charge is 2.30. The van der Waals surface area contributed by atoms with E-state index in [9.17, 15) is 9.59 Å². The van der Waals surface area contributed by atoms with Gasteiger partial charge in [-0.2, -0.15) is 0 Å². The second-order valence-electron chi connectivity index (χ2n) is 9.11. The molecule has 1 saturated carbocycles. The van der Waals surface area contributed by atoms with Gasteiger partial charge in [0, 0.05) is 37.1 Å². The molecule has 0 saturated heterocycles. The number of nitrogens with one attached hydrogen (secondary N) is 2. The fourth-order valence-corrected chi connectivity index (χ4v) is 6.18. The van der Waals surface area contributed by atoms with Crippen LogP contribution < -0.4 is 10.6 Å². The van der Waals surface area contributed by atoms with E-state index in [1.807, 2.05) is 31.2 Å². The molecular weight excluding hydrogens is 508 g/mol. The summed E-state index contributed by atoms with van der Waals surface area (Å²) in [6.07, 6.45) is 10.9. The van der Waals surface area contributed by atoms with Gasteiger partial charge in [0.15, 0.2) is 0 Å². The minimum Gasteiger partial charge on any atom is -0.300 e. The lowest BCUT2D eigenvalue weighted by atomic mass is 10.0. The molecule has 37 heavy (non-hydrogen) atoms. The van der Waals surface area contributed by atoms with Crippen molar-refractivity contribution < 1.29 is 9.59 Å². The van der Waals surface area contributed by atoms with Crippen molar-refractivity contribution in [3.05, 3.63) is 70.2 Å². The monoisotopic (exact) mass is 534 g/mol. The fraction of sp³-hybridized carbons (Fsp3) is 0.360. The number of hydrogen-bond donors (Lipinski definition) is 2. The quantitative estimate of drug-likeness (QED) is 0.326. The predicted molar refractivity (Wildman–Crippen MR) is 141 cm³/mol. The van der Waals surface area contributed by atoms with Crippen molar-refractivity contribution in [2.24, 2.45) is 5.92 Å². The van der Waals surface area contributed by atoms with Crippen molar-refractivity contribution in [1.82, 2.24) is 30.4 Å². The topological polar surface area (TPSA) is 136 Å². The van der Waals surface area contributed by atoms with Crippen LogP contribution in [-0.2, 0) is 22.4 Å². The van der Waals surface area contributed by atoms with Gasteiger partial charge in [-0.3, -0.25) is 19.6 Å². The molecule has 0 spiro atoms. The largest absolute Gasteiger partial charge is 0.300 e. The summed E-state index contributed by atoms with van der Waals surface area (Å²) in [7, 11) is 0. The van der Waals surface area contributed by atoms with E-state index in [2.05, 4.69) is 41.0 Å². The molecule has 4 aromatic heterocycles. The second-order valence-corrected chi connectivity index (χ2v) is 11.2. The first-order valence-electron chi connectivity index (χ1n) is 12.1. The van der Waals surface area contributed by atoms with Crippen molar-refractivity contribution in [3.63, 3.8) is 0 Å². The van der Waals surface area contributed by atoms with E-state index in [0.29, 0.717) is 22.1 Å². The van der Waals surface area contributed by atoms with E-state index in [1.54, 1.807) is 24.8 Å². The Hall–Kier alpha value is -3.64. The number of hydrogen-bond acceptors (Lipinski definition) is 10. The van der Waals surface area contributed by atoms with E-state index in [0.717, 1.165) is 46.8 Å². The molecule has 10 nitrogen and oxygen atoms in total. The molecule has 1 aliphatic rings. The molecule has 3 atom stereocenters. The summed E-state index contributed by atoms with van der Waals surface area (Å²) in [5.41, 5.74) is 1.71. The van der Waals surface area contributed by atoms with Gasteiger partial charge >= 0.3 is 0 Å². The number of carbonyl (C=O) groups is 2. The average molecular weight is 535 g/mol. The third kappa shape index (κ3) is 6.57. The Morgan fingerprint density at radius 2 is 1.76 bits per heavy atom.